The Hall–Kier alpha value is -3.06. The van der Waals surface area contributed by atoms with Crippen LogP contribution in [0.25, 0.3) is 0 Å². The van der Waals surface area contributed by atoms with Gasteiger partial charge in [-0.15, -0.1) is 0 Å². The van der Waals surface area contributed by atoms with Crippen LogP contribution in [0.1, 0.15) is 63.2 Å². The Morgan fingerprint density at radius 1 is 1.06 bits per heavy atom. The molecule has 11 N–H and O–H groups in total. The van der Waals surface area contributed by atoms with Gasteiger partial charge in [0.15, 0.2) is 6.23 Å². The van der Waals surface area contributed by atoms with Gasteiger partial charge in [-0.25, -0.2) is 18.7 Å². The maximum Gasteiger partial charge on any atom is 0.470 e. The minimum Gasteiger partial charge on any atom is -0.386 e. The number of rotatable bonds is 18. The topological polar surface area (TPSA) is 323 Å². The first-order chi connectivity index (χ1) is 24.5. The third kappa shape index (κ3) is 12.8. The summed E-state index contributed by atoms with van der Waals surface area (Å²) in [5, 5.41) is 22.5. The fraction of sp³-hybridized carbons (Fsp3) is 0.679. The molecule has 3 aliphatic rings. The second kappa shape index (κ2) is 18.8. The van der Waals surface area contributed by atoms with Crippen molar-refractivity contribution in [1.29, 1.82) is 0 Å². The highest BCUT2D eigenvalue weighted by molar-refractivity contribution is 8.00. The Morgan fingerprint density at radius 3 is 2.48 bits per heavy atom. The zero-order valence-electron chi connectivity index (χ0n) is 27.8. The molecule has 7 atom stereocenters. The number of phosphoric acid groups is 2. The molecule has 4 rings (SSSR count). The molecular weight excluding hydrogens is 752 g/mol. The molecule has 0 bridgehead atoms. The van der Waals surface area contributed by atoms with Gasteiger partial charge in [-0.3, -0.25) is 23.2 Å². The number of aromatic nitrogens is 2. The highest BCUT2D eigenvalue weighted by Crippen LogP contribution is 2.45. The van der Waals surface area contributed by atoms with E-state index in [2.05, 4.69) is 47.1 Å². The third-order valence-corrected chi connectivity index (χ3v) is 10.8. The van der Waals surface area contributed by atoms with Crippen molar-refractivity contribution in [3.63, 3.8) is 0 Å². The number of phosphoric ester groups is 2. The summed E-state index contributed by atoms with van der Waals surface area (Å²) >= 11 is 1.85. The van der Waals surface area contributed by atoms with E-state index >= 15 is 0 Å². The fourth-order valence-corrected chi connectivity index (χ4v) is 8.31. The Balaban J connectivity index is 1.14. The monoisotopic (exact) mass is 795 g/mol. The van der Waals surface area contributed by atoms with Gasteiger partial charge >= 0.3 is 27.4 Å². The number of fused-ring (bicyclic) bond motifs is 1. The van der Waals surface area contributed by atoms with Gasteiger partial charge in [0.05, 0.1) is 30.8 Å². The standard InChI is InChI=1S/C28H43N7O14P2S/c29-25-16(13-35(28(40)34-25)26-23(38)24(49-51(44,45)46)18(48-26)14-47-50(41,42)43)7-6-12-31-20(36)9-2-1-5-11-30-21(37)10-4-3-8-19-22-17(15-52-19)32-27(39)33-22/h13,17-19,22-24,26,38H,1-5,8-12,14-15H2,(H,30,37)(H,31,36)(H2,29,34,40)(H2,32,33,39)(H2,41,42,43)(H2,44,45,46)/t17?,18-,19+,22+,23?,24?,26-/m1/s1. The molecule has 4 amide bonds. The molecule has 1 aromatic heterocycles. The van der Waals surface area contributed by atoms with Gasteiger partial charge < -0.3 is 56.4 Å². The van der Waals surface area contributed by atoms with E-state index in [0.717, 1.165) is 31.2 Å². The average molecular weight is 796 g/mol. The van der Waals surface area contributed by atoms with E-state index in [1.165, 1.54) is 0 Å². The summed E-state index contributed by atoms with van der Waals surface area (Å²) in [6, 6.07) is 0.244. The van der Waals surface area contributed by atoms with E-state index in [-0.39, 0.29) is 54.3 Å². The smallest absolute Gasteiger partial charge is 0.386 e. The van der Waals surface area contributed by atoms with E-state index in [1.807, 2.05) is 11.8 Å². The number of unbranched alkanes of at least 4 members (excludes halogenated alkanes) is 3. The normalized spacial score (nSPS) is 25.5. The van der Waals surface area contributed by atoms with Crippen LogP contribution in [-0.2, 0) is 32.5 Å². The summed E-state index contributed by atoms with van der Waals surface area (Å²) in [6.45, 7) is -0.555. The molecular formula is C28H43N7O14P2S. The number of amides is 4. The first kappa shape index (κ1) is 41.7. The number of nitrogen functional groups attached to an aromatic ring is 1. The van der Waals surface area contributed by atoms with Gasteiger partial charge in [0.1, 0.15) is 24.1 Å². The largest absolute Gasteiger partial charge is 0.470 e. The Morgan fingerprint density at radius 2 is 1.77 bits per heavy atom. The number of carbonyl (C=O) groups excluding carboxylic acids is 3. The summed E-state index contributed by atoms with van der Waals surface area (Å²) in [6.07, 6.45) is -0.825. The third-order valence-electron chi connectivity index (χ3n) is 8.31. The van der Waals surface area contributed by atoms with Crippen molar-refractivity contribution in [3.8, 4) is 11.8 Å². The Bertz CT molecular complexity index is 1660. The number of nitrogens with one attached hydrogen (secondary N) is 4. The Labute approximate surface area is 302 Å². The van der Waals surface area contributed by atoms with Crippen LogP contribution >= 0.6 is 27.4 Å². The Kier molecular flexibility index (Phi) is 15.1. The van der Waals surface area contributed by atoms with Gasteiger partial charge in [0, 0.05) is 36.6 Å². The van der Waals surface area contributed by atoms with E-state index in [4.69, 9.17) is 20.3 Å². The van der Waals surface area contributed by atoms with Gasteiger partial charge in [-0.2, -0.15) is 16.7 Å². The van der Waals surface area contributed by atoms with E-state index in [9.17, 15) is 43.2 Å². The molecule has 0 radical (unpaired) electrons. The van der Waals surface area contributed by atoms with Crippen LogP contribution in [0.3, 0.4) is 0 Å². The van der Waals surface area contributed by atoms with Crippen LogP contribution in [0.2, 0.25) is 0 Å². The number of urea groups is 1. The lowest BCUT2D eigenvalue weighted by atomic mass is 10.0. The number of aliphatic hydroxyl groups excluding tert-OH is 1. The molecule has 3 saturated heterocycles. The number of carbonyl (C=O) groups is 3. The maximum atomic E-state index is 12.6. The van der Waals surface area contributed by atoms with Crippen LogP contribution in [0, 0.1) is 11.8 Å². The van der Waals surface area contributed by atoms with Crippen molar-refractivity contribution in [1.82, 2.24) is 30.8 Å². The molecule has 3 fully saturated rings. The van der Waals surface area contributed by atoms with Crippen LogP contribution in [-0.4, -0.2) is 113 Å². The molecule has 290 valence electrons. The van der Waals surface area contributed by atoms with Crippen molar-refractivity contribution >= 4 is 51.1 Å². The fourth-order valence-electron chi connectivity index (χ4n) is 5.85. The molecule has 4 heterocycles. The number of ether oxygens (including phenoxy) is 1. The first-order valence-corrected chi connectivity index (χ1v) is 20.5. The number of hydrogen-bond acceptors (Lipinski definition) is 13. The first-order valence-electron chi connectivity index (χ1n) is 16.4. The molecule has 21 nitrogen and oxygen atoms in total. The lowest BCUT2D eigenvalue weighted by Gasteiger charge is -2.21. The molecule has 0 saturated carbocycles. The summed E-state index contributed by atoms with van der Waals surface area (Å²) in [5.74, 6) is 5.60. The molecule has 24 heteroatoms. The zero-order chi connectivity index (χ0) is 38.1. The summed E-state index contributed by atoms with van der Waals surface area (Å²) in [5.41, 5.74) is 4.72. The van der Waals surface area contributed by atoms with Crippen molar-refractivity contribution in [2.75, 3.05) is 31.2 Å². The molecule has 3 unspecified atom stereocenters. The molecule has 0 spiro atoms. The van der Waals surface area contributed by atoms with E-state index < -0.39 is 52.5 Å². The highest BCUT2D eigenvalue weighted by atomic mass is 32.2. The van der Waals surface area contributed by atoms with Crippen LogP contribution < -0.4 is 32.7 Å². The summed E-state index contributed by atoms with van der Waals surface area (Å²) < 4.78 is 37.6. The average Bonchev–Trinajstić information content (AvgIpc) is 3.70. The molecule has 52 heavy (non-hydrogen) atoms. The highest BCUT2D eigenvalue weighted by Gasteiger charge is 2.49. The van der Waals surface area contributed by atoms with Crippen LogP contribution in [0.5, 0.6) is 0 Å². The van der Waals surface area contributed by atoms with Gasteiger partial charge in [-0.05, 0) is 25.7 Å². The second-order valence-corrected chi connectivity index (χ2v) is 15.9. The lowest BCUT2D eigenvalue weighted by molar-refractivity contribution is -0.122. The predicted molar refractivity (Wildman–Crippen MR) is 183 cm³/mol. The number of aliphatic hydroxyl groups is 1. The van der Waals surface area contributed by atoms with Crippen molar-refractivity contribution < 1.29 is 62.0 Å². The minimum atomic E-state index is -5.25. The molecule has 3 aliphatic heterocycles. The summed E-state index contributed by atoms with van der Waals surface area (Å²) in [7, 11) is -10.3. The number of anilines is 1. The van der Waals surface area contributed by atoms with Gasteiger partial charge in [0.25, 0.3) is 0 Å². The number of nitrogens with two attached hydrogens (primary N) is 1. The van der Waals surface area contributed by atoms with E-state index in [0.29, 0.717) is 42.0 Å². The molecule has 0 aliphatic carbocycles. The van der Waals surface area contributed by atoms with Crippen molar-refractivity contribution in [3.05, 3.63) is 22.2 Å². The van der Waals surface area contributed by atoms with E-state index in [1.54, 1.807) is 0 Å². The second-order valence-electron chi connectivity index (χ2n) is 12.2. The summed E-state index contributed by atoms with van der Waals surface area (Å²) in [4.78, 5) is 88.5. The predicted octanol–water partition coefficient (Wildman–Crippen LogP) is -1.46. The molecule has 1 aromatic rings. The lowest BCUT2D eigenvalue weighted by Crippen LogP contribution is -2.37. The maximum absolute atomic E-state index is 12.6. The van der Waals surface area contributed by atoms with Crippen molar-refractivity contribution in [2.24, 2.45) is 0 Å². The minimum absolute atomic E-state index is 0.0163. The SMILES string of the molecule is Nc1nc(=O)n([C@@H]2O[C@H](COP(=O)(O)O)C(OP(=O)(O)O)C2O)cc1C#CCNC(=O)CCCCCNC(=O)CCCC[C@@H]1SCC2NC(=O)N[C@@H]21. The zero-order valence-corrected chi connectivity index (χ0v) is 30.4. The number of hydrogen-bond donors (Lipinski definition) is 10. The van der Waals surface area contributed by atoms with Crippen LogP contribution in [0.4, 0.5) is 10.6 Å². The quantitative estimate of drug-likeness (QED) is 0.0351. The van der Waals surface area contributed by atoms with Crippen molar-refractivity contribution in [2.45, 2.75) is 93.2 Å². The van der Waals surface area contributed by atoms with Crippen LogP contribution in [0.15, 0.2) is 11.0 Å². The van der Waals surface area contributed by atoms with Gasteiger partial charge in [-0.1, -0.05) is 24.7 Å². The molecule has 0 aromatic carbocycles. The van der Waals surface area contributed by atoms with Gasteiger partial charge in [0.2, 0.25) is 11.8 Å². The number of nitrogens with zero attached hydrogens (tertiary/aromatic N) is 2. The number of thioether (sulfide) groups is 1.